The van der Waals surface area contributed by atoms with Crippen LogP contribution in [-0.2, 0) is 0 Å². The average molecular weight is 343 g/mol. The number of allylic oxidation sites excluding steroid dienone is 2. The molecule has 2 bridgehead atoms. The van der Waals surface area contributed by atoms with Crippen molar-refractivity contribution in [1.29, 1.82) is 0 Å². The molecule has 0 spiro atoms. The van der Waals surface area contributed by atoms with E-state index in [1.165, 1.54) is 24.6 Å². The lowest BCUT2D eigenvalue weighted by molar-refractivity contribution is 0.112. The summed E-state index contributed by atoms with van der Waals surface area (Å²) in [6.45, 7) is 0. The van der Waals surface area contributed by atoms with Crippen LogP contribution in [0.1, 0.15) is 29.6 Å². The van der Waals surface area contributed by atoms with E-state index < -0.39 is 0 Å². The van der Waals surface area contributed by atoms with Gasteiger partial charge in [0, 0.05) is 16.6 Å². The molecule has 0 heterocycles. The highest BCUT2D eigenvalue weighted by atomic mass is 16.1. The zero-order chi connectivity index (χ0) is 18.2. The van der Waals surface area contributed by atoms with Gasteiger partial charge < -0.3 is 5.73 Å². The van der Waals surface area contributed by atoms with E-state index in [2.05, 4.69) is 24.3 Å². The number of aldehydes is 1. The molecule has 132 valence electrons. The van der Waals surface area contributed by atoms with Crippen molar-refractivity contribution >= 4 is 22.7 Å². The molecule has 0 radical (unpaired) electrons. The lowest BCUT2D eigenvalue weighted by atomic mass is 10.1. The summed E-state index contributed by atoms with van der Waals surface area (Å²) in [5.74, 6) is 1.98. The molecule has 5 rings (SSSR count). The first kappa shape index (κ1) is 17.9. The van der Waals surface area contributed by atoms with Gasteiger partial charge in [-0.05, 0) is 42.6 Å². The first-order valence-electron chi connectivity index (χ1n) is 9.18. The van der Waals surface area contributed by atoms with Gasteiger partial charge in [-0.1, -0.05) is 78.9 Å². The van der Waals surface area contributed by atoms with E-state index in [1.807, 2.05) is 48.5 Å². The topological polar surface area (TPSA) is 43.1 Å². The van der Waals surface area contributed by atoms with Gasteiger partial charge in [-0.2, -0.15) is 0 Å². The molecule has 2 aliphatic carbocycles. The third-order valence-electron chi connectivity index (χ3n) is 4.93. The Bertz CT molecular complexity index is 852. The molecule has 1 saturated carbocycles. The van der Waals surface area contributed by atoms with Crippen molar-refractivity contribution in [2.24, 2.45) is 11.8 Å². The summed E-state index contributed by atoms with van der Waals surface area (Å²) in [7, 11) is 0. The fourth-order valence-corrected chi connectivity index (χ4v) is 3.50. The molecular formula is C24H25NO. The smallest absolute Gasteiger partial charge is 0.150 e. The monoisotopic (exact) mass is 343 g/mol. The van der Waals surface area contributed by atoms with Crippen LogP contribution in [0.25, 0.3) is 10.8 Å². The van der Waals surface area contributed by atoms with Crippen LogP contribution in [0.4, 0.5) is 5.69 Å². The molecule has 2 N–H and O–H groups in total. The van der Waals surface area contributed by atoms with Crippen molar-refractivity contribution < 1.29 is 4.79 Å². The molecule has 0 aromatic heterocycles. The minimum atomic E-state index is 0.729. The van der Waals surface area contributed by atoms with Crippen LogP contribution >= 0.6 is 0 Å². The van der Waals surface area contributed by atoms with Crippen LogP contribution in [0.2, 0.25) is 0 Å². The highest BCUT2D eigenvalue weighted by molar-refractivity contribution is 5.92. The molecule has 0 aliphatic heterocycles. The SMILES string of the molecule is C1=CC2CCC1C2.Nc1cccc2ccccc12.O=Cc1ccccc1. The van der Waals surface area contributed by atoms with E-state index in [9.17, 15) is 4.79 Å². The summed E-state index contributed by atoms with van der Waals surface area (Å²) in [6, 6.07) is 23.2. The summed E-state index contributed by atoms with van der Waals surface area (Å²) >= 11 is 0. The van der Waals surface area contributed by atoms with Gasteiger partial charge in [0.1, 0.15) is 6.29 Å². The third kappa shape index (κ3) is 4.82. The quantitative estimate of drug-likeness (QED) is 0.340. The summed E-state index contributed by atoms with van der Waals surface area (Å²) in [6.07, 6.45) is 10.0. The Morgan fingerprint density at radius 1 is 0.769 bits per heavy atom. The fraction of sp³-hybridized carbons (Fsp3) is 0.208. The largest absolute Gasteiger partial charge is 0.398 e. The number of hydrogen-bond acceptors (Lipinski definition) is 2. The number of rotatable bonds is 1. The minimum Gasteiger partial charge on any atom is -0.398 e. The predicted octanol–water partition coefficient (Wildman–Crippen LogP) is 5.89. The highest BCUT2D eigenvalue weighted by Crippen LogP contribution is 2.38. The van der Waals surface area contributed by atoms with Crippen LogP contribution in [0.5, 0.6) is 0 Å². The molecule has 2 unspecified atom stereocenters. The van der Waals surface area contributed by atoms with Crippen molar-refractivity contribution in [3.63, 3.8) is 0 Å². The summed E-state index contributed by atoms with van der Waals surface area (Å²) in [4.78, 5) is 10.0. The Morgan fingerprint density at radius 3 is 1.88 bits per heavy atom. The van der Waals surface area contributed by atoms with Crippen LogP contribution in [-0.4, -0.2) is 6.29 Å². The van der Waals surface area contributed by atoms with Crippen molar-refractivity contribution in [2.75, 3.05) is 5.73 Å². The van der Waals surface area contributed by atoms with Crippen molar-refractivity contribution in [1.82, 2.24) is 0 Å². The van der Waals surface area contributed by atoms with Gasteiger partial charge in [0.15, 0.2) is 0 Å². The number of carbonyl (C=O) groups excluding carboxylic acids is 1. The number of anilines is 1. The first-order chi connectivity index (χ1) is 12.8. The standard InChI is InChI=1S/C10H9N.C7H6O.C7H10/c11-10-7-3-5-8-4-1-2-6-9(8)10;8-6-7-4-2-1-3-5-7;1-2-7-4-3-6(1)5-7/h1-7H,11H2;1-6H;1-2,6-7H,3-5H2. The number of nitrogen functional groups attached to an aromatic ring is 1. The zero-order valence-electron chi connectivity index (χ0n) is 14.9. The molecule has 2 heteroatoms. The van der Waals surface area contributed by atoms with Crippen LogP contribution in [0.15, 0.2) is 84.9 Å². The second kappa shape index (κ2) is 9.00. The van der Waals surface area contributed by atoms with Gasteiger partial charge in [-0.3, -0.25) is 4.79 Å². The second-order valence-electron chi connectivity index (χ2n) is 6.82. The maximum atomic E-state index is 10.0. The first-order valence-corrected chi connectivity index (χ1v) is 9.18. The molecule has 26 heavy (non-hydrogen) atoms. The second-order valence-corrected chi connectivity index (χ2v) is 6.82. The number of hydrogen-bond donors (Lipinski definition) is 1. The fourth-order valence-electron chi connectivity index (χ4n) is 3.50. The van der Waals surface area contributed by atoms with E-state index in [0.29, 0.717) is 0 Å². The molecular weight excluding hydrogens is 318 g/mol. The maximum Gasteiger partial charge on any atom is 0.150 e. The molecule has 0 amide bonds. The molecule has 2 aliphatic rings. The summed E-state index contributed by atoms with van der Waals surface area (Å²) in [5, 5.41) is 2.34. The van der Waals surface area contributed by atoms with Gasteiger partial charge in [0.05, 0.1) is 0 Å². The molecule has 0 saturated heterocycles. The van der Waals surface area contributed by atoms with E-state index in [-0.39, 0.29) is 0 Å². The minimum absolute atomic E-state index is 0.729. The number of carbonyl (C=O) groups is 1. The van der Waals surface area contributed by atoms with Crippen LogP contribution in [0.3, 0.4) is 0 Å². The Hall–Kier alpha value is -2.87. The van der Waals surface area contributed by atoms with E-state index in [1.54, 1.807) is 12.1 Å². The van der Waals surface area contributed by atoms with E-state index >= 15 is 0 Å². The summed E-state index contributed by atoms with van der Waals surface area (Å²) in [5.41, 5.74) is 7.34. The van der Waals surface area contributed by atoms with Crippen LogP contribution in [0, 0.1) is 11.8 Å². The van der Waals surface area contributed by atoms with E-state index in [0.717, 1.165) is 34.8 Å². The normalized spacial score (nSPS) is 19.2. The van der Waals surface area contributed by atoms with Gasteiger partial charge >= 0.3 is 0 Å². The average Bonchev–Trinajstić information content (AvgIpc) is 3.36. The molecule has 2 atom stereocenters. The molecule has 1 fully saturated rings. The number of benzene rings is 3. The van der Waals surface area contributed by atoms with Crippen molar-refractivity contribution in [3.8, 4) is 0 Å². The Labute approximate surface area is 155 Å². The van der Waals surface area contributed by atoms with Gasteiger partial charge in [-0.15, -0.1) is 0 Å². The lowest BCUT2D eigenvalue weighted by Gasteiger charge is -1.98. The molecule has 3 aromatic rings. The zero-order valence-corrected chi connectivity index (χ0v) is 14.9. The number of fused-ring (bicyclic) bond motifs is 3. The predicted molar refractivity (Wildman–Crippen MR) is 110 cm³/mol. The van der Waals surface area contributed by atoms with Crippen molar-refractivity contribution in [2.45, 2.75) is 19.3 Å². The van der Waals surface area contributed by atoms with Gasteiger partial charge in [0.2, 0.25) is 0 Å². The highest BCUT2D eigenvalue weighted by Gasteiger charge is 2.25. The maximum absolute atomic E-state index is 10.0. The number of nitrogens with two attached hydrogens (primary N) is 1. The van der Waals surface area contributed by atoms with E-state index in [4.69, 9.17) is 5.73 Å². The van der Waals surface area contributed by atoms with Crippen LogP contribution < -0.4 is 5.73 Å². The Balaban J connectivity index is 0.000000117. The van der Waals surface area contributed by atoms with Crippen molar-refractivity contribution in [3.05, 3.63) is 90.5 Å². The Kier molecular flexibility index (Phi) is 6.21. The molecule has 3 aromatic carbocycles. The lowest BCUT2D eigenvalue weighted by Crippen LogP contribution is -1.84. The third-order valence-corrected chi connectivity index (χ3v) is 4.93. The summed E-state index contributed by atoms with van der Waals surface area (Å²) < 4.78 is 0. The Morgan fingerprint density at radius 2 is 1.38 bits per heavy atom. The van der Waals surface area contributed by atoms with Gasteiger partial charge in [0.25, 0.3) is 0 Å². The van der Waals surface area contributed by atoms with Gasteiger partial charge in [-0.25, -0.2) is 0 Å². The molecule has 2 nitrogen and oxygen atoms in total.